The molecule has 22 heavy (non-hydrogen) atoms. The van der Waals surface area contributed by atoms with E-state index in [2.05, 4.69) is 46.8 Å². The lowest BCUT2D eigenvalue weighted by Crippen LogP contribution is -2.40. The maximum atomic E-state index is 11.8. The van der Waals surface area contributed by atoms with Crippen molar-refractivity contribution in [3.63, 3.8) is 0 Å². The van der Waals surface area contributed by atoms with Crippen LogP contribution in [-0.2, 0) is 4.74 Å². The van der Waals surface area contributed by atoms with Gasteiger partial charge < -0.3 is 20.3 Å². The average molecular weight is 305 g/mol. The van der Waals surface area contributed by atoms with E-state index in [-0.39, 0.29) is 12.1 Å². The molecule has 0 unspecified atom stereocenters. The monoisotopic (exact) mass is 305 g/mol. The lowest BCUT2D eigenvalue weighted by molar-refractivity contribution is 0.0817. The van der Waals surface area contributed by atoms with Crippen molar-refractivity contribution in [3.8, 4) is 0 Å². The number of fused-ring (bicyclic) bond motifs is 1. The number of ether oxygens (including phenoxy) is 1. The van der Waals surface area contributed by atoms with Crippen molar-refractivity contribution >= 4 is 11.7 Å². The van der Waals surface area contributed by atoms with Crippen molar-refractivity contribution in [2.24, 2.45) is 0 Å². The van der Waals surface area contributed by atoms with Crippen LogP contribution >= 0.6 is 0 Å². The summed E-state index contributed by atoms with van der Waals surface area (Å²) in [7, 11) is 2.11. The highest BCUT2D eigenvalue weighted by Crippen LogP contribution is 2.33. The van der Waals surface area contributed by atoms with Crippen molar-refractivity contribution in [2.45, 2.75) is 32.3 Å². The fourth-order valence-corrected chi connectivity index (χ4v) is 2.76. The molecule has 2 N–H and O–H groups in total. The molecule has 1 aromatic carbocycles. The summed E-state index contributed by atoms with van der Waals surface area (Å²) in [4.78, 5) is 14.1. The fourth-order valence-electron chi connectivity index (χ4n) is 2.76. The van der Waals surface area contributed by atoms with E-state index in [1.165, 1.54) is 11.3 Å². The van der Waals surface area contributed by atoms with Gasteiger partial charge in [-0.1, -0.05) is 18.2 Å². The van der Waals surface area contributed by atoms with Crippen LogP contribution in [0.15, 0.2) is 24.3 Å². The molecule has 0 bridgehead atoms. The second-order valence-corrected chi connectivity index (χ2v) is 6.02. The van der Waals surface area contributed by atoms with E-state index in [0.29, 0.717) is 25.6 Å². The number of anilines is 1. The van der Waals surface area contributed by atoms with E-state index < -0.39 is 0 Å². The standard InChI is InChI=1S/C17H27N3O2/c1-13(2)22-11-9-18-17(21)19-12-14-8-10-20(3)16-7-5-4-6-15(14)16/h4-7,13-14H,8-12H2,1-3H3,(H2,18,19,21)/t14-/m1/s1. The molecular formula is C17H27N3O2. The Kier molecular flexibility index (Phi) is 6.07. The fraction of sp³-hybridized carbons (Fsp3) is 0.588. The second kappa shape index (κ2) is 8.03. The molecular weight excluding hydrogens is 278 g/mol. The minimum Gasteiger partial charge on any atom is -0.377 e. The number of nitrogens with one attached hydrogen (secondary N) is 2. The third kappa shape index (κ3) is 4.63. The summed E-state index contributed by atoms with van der Waals surface area (Å²) in [6.45, 7) is 6.74. The van der Waals surface area contributed by atoms with Crippen molar-refractivity contribution in [1.82, 2.24) is 10.6 Å². The second-order valence-electron chi connectivity index (χ2n) is 6.02. The molecule has 2 rings (SSSR count). The van der Waals surface area contributed by atoms with Crippen LogP contribution in [0.2, 0.25) is 0 Å². The predicted octanol–water partition coefficient (Wildman–Crippen LogP) is 2.33. The minimum absolute atomic E-state index is 0.122. The molecule has 0 saturated carbocycles. The zero-order valence-corrected chi connectivity index (χ0v) is 13.8. The van der Waals surface area contributed by atoms with Gasteiger partial charge in [-0.15, -0.1) is 0 Å². The highest BCUT2D eigenvalue weighted by atomic mass is 16.5. The summed E-state index contributed by atoms with van der Waals surface area (Å²) in [6, 6.07) is 8.31. The number of carbonyl (C=O) groups is 1. The van der Waals surface area contributed by atoms with Crippen LogP contribution in [0.5, 0.6) is 0 Å². The molecule has 122 valence electrons. The minimum atomic E-state index is -0.122. The summed E-state index contributed by atoms with van der Waals surface area (Å²) >= 11 is 0. The largest absolute Gasteiger partial charge is 0.377 e. The SMILES string of the molecule is CC(C)OCCNC(=O)NC[C@H]1CCN(C)c2ccccc21. The quantitative estimate of drug-likeness (QED) is 0.793. The van der Waals surface area contributed by atoms with E-state index in [9.17, 15) is 4.79 Å². The molecule has 5 heteroatoms. The van der Waals surface area contributed by atoms with Gasteiger partial charge in [0.2, 0.25) is 0 Å². The lowest BCUT2D eigenvalue weighted by atomic mass is 9.90. The van der Waals surface area contributed by atoms with Gasteiger partial charge in [0.1, 0.15) is 0 Å². The van der Waals surface area contributed by atoms with E-state index in [0.717, 1.165) is 13.0 Å². The molecule has 1 heterocycles. The molecule has 1 aliphatic rings. The molecule has 2 amide bonds. The van der Waals surface area contributed by atoms with Crippen molar-refractivity contribution in [1.29, 1.82) is 0 Å². The van der Waals surface area contributed by atoms with Crippen LogP contribution in [0.3, 0.4) is 0 Å². The van der Waals surface area contributed by atoms with Gasteiger partial charge in [0.15, 0.2) is 0 Å². The van der Waals surface area contributed by atoms with Crippen molar-refractivity contribution in [2.75, 3.05) is 38.2 Å². The van der Waals surface area contributed by atoms with Crippen LogP contribution in [-0.4, -0.2) is 45.4 Å². The van der Waals surface area contributed by atoms with E-state index in [1.54, 1.807) is 0 Å². The normalized spacial score (nSPS) is 17.3. The van der Waals surface area contributed by atoms with Crippen LogP contribution in [0.1, 0.15) is 31.7 Å². The van der Waals surface area contributed by atoms with Crippen LogP contribution in [0, 0.1) is 0 Å². The van der Waals surface area contributed by atoms with Crippen molar-refractivity contribution in [3.05, 3.63) is 29.8 Å². The number of carbonyl (C=O) groups excluding carboxylic acids is 1. The van der Waals surface area contributed by atoms with Gasteiger partial charge in [0.05, 0.1) is 12.7 Å². The summed E-state index contributed by atoms with van der Waals surface area (Å²) < 4.78 is 5.40. The summed E-state index contributed by atoms with van der Waals surface area (Å²) in [5, 5.41) is 5.80. The lowest BCUT2D eigenvalue weighted by Gasteiger charge is -2.33. The number of para-hydroxylation sites is 1. The van der Waals surface area contributed by atoms with Crippen molar-refractivity contribution < 1.29 is 9.53 Å². The van der Waals surface area contributed by atoms with E-state index in [4.69, 9.17) is 4.74 Å². The highest BCUT2D eigenvalue weighted by molar-refractivity contribution is 5.74. The maximum Gasteiger partial charge on any atom is 0.314 e. The van der Waals surface area contributed by atoms with Gasteiger partial charge in [-0.3, -0.25) is 0 Å². The highest BCUT2D eigenvalue weighted by Gasteiger charge is 2.22. The average Bonchev–Trinajstić information content (AvgIpc) is 2.51. The first-order valence-electron chi connectivity index (χ1n) is 8.01. The molecule has 1 aliphatic heterocycles. The van der Waals surface area contributed by atoms with Crippen LogP contribution in [0.4, 0.5) is 10.5 Å². The molecule has 0 aliphatic carbocycles. The number of rotatable bonds is 6. The van der Waals surface area contributed by atoms with Crippen LogP contribution < -0.4 is 15.5 Å². The molecule has 1 aromatic rings. The van der Waals surface area contributed by atoms with E-state index >= 15 is 0 Å². The molecule has 0 aromatic heterocycles. The maximum absolute atomic E-state index is 11.8. The number of amides is 2. The number of hydrogen-bond acceptors (Lipinski definition) is 3. The molecule has 0 fully saturated rings. The zero-order chi connectivity index (χ0) is 15.9. The Morgan fingerprint density at radius 3 is 2.91 bits per heavy atom. The predicted molar refractivity (Wildman–Crippen MR) is 89.6 cm³/mol. The van der Waals surface area contributed by atoms with E-state index in [1.807, 2.05) is 13.8 Å². The molecule has 0 saturated heterocycles. The Morgan fingerprint density at radius 2 is 2.14 bits per heavy atom. The Labute approximate surface area is 133 Å². The molecule has 5 nitrogen and oxygen atoms in total. The summed E-state index contributed by atoms with van der Waals surface area (Å²) in [5.41, 5.74) is 2.59. The number of urea groups is 1. The van der Waals surface area contributed by atoms with Gasteiger partial charge in [0, 0.05) is 38.3 Å². The molecule has 0 radical (unpaired) electrons. The Balaban J connectivity index is 1.78. The van der Waals surface area contributed by atoms with Gasteiger partial charge in [0.25, 0.3) is 0 Å². The Bertz CT molecular complexity index is 491. The smallest absolute Gasteiger partial charge is 0.314 e. The van der Waals surface area contributed by atoms with Gasteiger partial charge in [-0.2, -0.15) is 0 Å². The summed E-state index contributed by atoms with van der Waals surface area (Å²) in [6.07, 6.45) is 1.25. The first-order valence-corrected chi connectivity index (χ1v) is 8.01. The first kappa shape index (κ1) is 16.6. The topological polar surface area (TPSA) is 53.6 Å². The third-order valence-electron chi connectivity index (χ3n) is 3.95. The molecule has 0 spiro atoms. The number of hydrogen-bond donors (Lipinski definition) is 2. The van der Waals surface area contributed by atoms with Gasteiger partial charge in [-0.05, 0) is 31.9 Å². The Morgan fingerprint density at radius 1 is 1.36 bits per heavy atom. The Hall–Kier alpha value is -1.75. The van der Waals surface area contributed by atoms with Crippen LogP contribution in [0.25, 0.3) is 0 Å². The van der Waals surface area contributed by atoms with Gasteiger partial charge >= 0.3 is 6.03 Å². The number of benzene rings is 1. The summed E-state index contributed by atoms with van der Waals surface area (Å²) in [5.74, 6) is 0.380. The number of nitrogens with zero attached hydrogens (tertiary/aromatic N) is 1. The van der Waals surface area contributed by atoms with Gasteiger partial charge in [-0.25, -0.2) is 4.79 Å². The third-order valence-corrected chi connectivity index (χ3v) is 3.95. The first-order chi connectivity index (χ1) is 10.6. The molecule has 1 atom stereocenters. The zero-order valence-electron chi connectivity index (χ0n) is 13.8.